The Kier molecular flexibility index (Phi) is 13.7. The lowest BCUT2D eigenvalue weighted by Gasteiger charge is -2.33. The van der Waals surface area contributed by atoms with Gasteiger partial charge in [-0.2, -0.15) is 0 Å². The molecule has 1 fully saturated rings. The molecular formula is C45H48N4O6. The van der Waals surface area contributed by atoms with Crippen molar-refractivity contribution in [2.45, 2.75) is 56.4 Å². The number of rotatable bonds is 15. The monoisotopic (exact) mass is 740 g/mol. The zero-order valence-corrected chi connectivity index (χ0v) is 31.0. The van der Waals surface area contributed by atoms with Crippen molar-refractivity contribution in [2.75, 3.05) is 30.8 Å². The van der Waals surface area contributed by atoms with Crippen LogP contribution < -0.4 is 16.0 Å². The molecule has 0 saturated carbocycles. The van der Waals surface area contributed by atoms with Crippen LogP contribution in [0.3, 0.4) is 0 Å². The summed E-state index contributed by atoms with van der Waals surface area (Å²) in [5, 5.41) is 19.7. The number of benzene rings is 5. The maximum atomic E-state index is 14.2. The Morgan fingerprint density at radius 3 is 1.84 bits per heavy atom. The van der Waals surface area contributed by atoms with Crippen LogP contribution >= 0.6 is 0 Å². The summed E-state index contributed by atoms with van der Waals surface area (Å²) < 4.78 is 11.7. The van der Waals surface area contributed by atoms with E-state index in [1.165, 1.54) is 7.05 Å². The first-order valence-corrected chi connectivity index (χ1v) is 18.7. The lowest BCUT2D eigenvalue weighted by molar-refractivity contribution is -0.120. The van der Waals surface area contributed by atoms with Crippen molar-refractivity contribution in [1.29, 1.82) is 0 Å². The van der Waals surface area contributed by atoms with Crippen molar-refractivity contribution in [3.8, 4) is 0 Å². The zero-order valence-electron chi connectivity index (χ0n) is 31.0. The van der Waals surface area contributed by atoms with Gasteiger partial charge in [-0.15, -0.1) is 0 Å². The maximum Gasteiger partial charge on any atom is 0.411 e. The van der Waals surface area contributed by atoms with Crippen LogP contribution in [0.4, 0.5) is 21.0 Å². The molecule has 1 aliphatic rings. The fraction of sp³-hybridized carbons (Fsp3) is 0.267. The largest absolute Gasteiger partial charge is 0.465 e. The molecule has 0 spiro atoms. The number of nitrogens with zero attached hydrogens (tertiary/aromatic N) is 1. The Bertz CT molecular complexity index is 1950. The van der Waals surface area contributed by atoms with Gasteiger partial charge in [-0.1, -0.05) is 127 Å². The molecule has 1 heterocycles. The number of para-hydroxylation sites is 2. The maximum absolute atomic E-state index is 14.2. The van der Waals surface area contributed by atoms with E-state index in [0.717, 1.165) is 57.7 Å². The van der Waals surface area contributed by atoms with Gasteiger partial charge in [0.1, 0.15) is 12.6 Å². The van der Waals surface area contributed by atoms with Crippen molar-refractivity contribution in [3.05, 3.63) is 167 Å². The minimum absolute atomic E-state index is 0.0141. The van der Waals surface area contributed by atoms with Gasteiger partial charge in [-0.3, -0.25) is 15.0 Å². The number of aryl methyl sites for hydroxylation is 2. The lowest BCUT2D eigenvalue weighted by Crippen LogP contribution is -2.48. The van der Waals surface area contributed by atoms with Crippen LogP contribution in [-0.2, 0) is 33.7 Å². The number of hydrogen-bond acceptors (Lipinski definition) is 6. The third-order valence-corrected chi connectivity index (χ3v) is 10.0. The van der Waals surface area contributed by atoms with E-state index in [1.807, 2.05) is 140 Å². The topological polar surface area (TPSA) is 129 Å². The fourth-order valence-electron chi connectivity index (χ4n) is 7.03. The molecule has 0 aliphatic carbocycles. The van der Waals surface area contributed by atoms with Crippen molar-refractivity contribution in [1.82, 2.24) is 10.2 Å². The third-order valence-electron chi connectivity index (χ3n) is 10.0. The number of carbonyl (C=O) groups excluding carboxylic acids is 2. The van der Waals surface area contributed by atoms with Gasteiger partial charge in [0.25, 0.3) is 0 Å². The van der Waals surface area contributed by atoms with Gasteiger partial charge >= 0.3 is 12.2 Å². The summed E-state index contributed by atoms with van der Waals surface area (Å²) >= 11 is 0. The standard InChI is InChI=1S/C45H48N4O6/c1-49(45(52)53)42(41(35-19-7-3-8-20-35)36-21-9-4-10-22-36)43(50)47-39-23-13-11-18-34(39)26-28-38-29-46-37(31-54-38)27-25-33-17-12-14-24-40(33)48-44(51)55-30-32-15-5-2-6-16-32/h2-24,37-38,41-42,46H,25-31H2,1H3,(H,47,50)(H,48,51)(H,52,53)/t37-,38-,42+/m1/s1. The first-order chi connectivity index (χ1) is 26.9. The average molecular weight is 741 g/mol. The van der Waals surface area contributed by atoms with Crippen molar-refractivity contribution >= 4 is 29.5 Å². The lowest BCUT2D eigenvalue weighted by atomic mass is 9.84. The molecule has 284 valence electrons. The number of hydrogen-bond donors (Lipinski definition) is 4. The Balaban J connectivity index is 1.03. The van der Waals surface area contributed by atoms with Gasteiger partial charge in [0.2, 0.25) is 5.91 Å². The zero-order chi connectivity index (χ0) is 38.4. The van der Waals surface area contributed by atoms with E-state index in [4.69, 9.17) is 9.47 Å². The van der Waals surface area contributed by atoms with Gasteiger partial charge in [0.15, 0.2) is 0 Å². The Morgan fingerprint density at radius 1 is 0.745 bits per heavy atom. The molecule has 0 aromatic heterocycles. The van der Waals surface area contributed by atoms with Gasteiger partial charge in [0, 0.05) is 36.9 Å². The van der Waals surface area contributed by atoms with E-state index in [0.29, 0.717) is 25.3 Å². The number of nitrogens with one attached hydrogen (secondary N) is 3. The van der Waals surface area contributed by atoms with Crippen LogP contribution in [0.2, 0.25) is 0 Å². The van der Waals surface area contributed by atoms with Gasteiger partial charge in [-0.05, 0) is 65.6 Å². The third kappa shape index (κ3) is 10.8. The van der Waals surface area contributed by atoms with Gasteiger partial charge < -0.3 is 25.2 Å². The first kappa shape index (κ1) is 38.7. The molecule has 6 rings (SSSR count). The van der Waals surface area contributed by atoms with E-state index in [9.17, 15) is 19.5 Å². The first-order valence-electron chi connectivity index (χ1n) is 18.7. The molecule has 3 atom stereocenters. The van der Waals surface area contributed by atoms with Crippen molar-refractivity contribution in [3.63, 3.8) is 0 Å². The van der Waals surface area contributed by atoms with Crippen LogP contribution in [0.25, 0.3) is 0 Å². The second-order valence-electron chi connectivity index (χ2n) is 13.8. The molecule has 10 heteroatoms. The predicted molar refractivity (Wildman–Crippen MR) is 214 cm³/mol. The molecule has 5 aromatic rings. The van der Waals surface area contributed by atoms with Crippen LogP contribution in [0.5, 0.6) is 0 Å². The quantitative estimate of drug-likeness (QED) is 0.0854. The number of anilines is 2. The van der Waals surface area contributed by atoms with Crippen LogP contribution in [0.1, 0.15) is 46.6 Å². The predicted octanol–water partition coefficient (Wildman–Crippen LogP) is 8.11. The molecule has 0 bridgehead atoms. The van der Waals surface area contributed by atoms with Crippen molar-refractivity contribution < 1.29 is 29.0 Å². The van der Waals surface area contributed by atoms with Gasteiger partial charge in [0.05, 0.1) is 12.7 Å². The van der Waals surface area contributed by atoms with E-state index < -0.39 is 30.1 Å². The summed E-state index contributed by atoms with van der Waals surface area (Å²) in [7, 11) is 1.44. The minimum atomic E-state index is -1.19. The molecule has 0 radical (unpaired) electrons. The van der Waals surface area contributed by atoms with Crippen molar-refractivity contribution in [2.24, 2.45) is 0 Å². The molecule has 55 heavy (non-hydrogen) atoms. The van der Waals surface area contributed by atoms with E-state index in [2.05, 4.69) is 16.0 Å². The number of morpholine rings is 1. The number of ether oxygens (including phenoxy) is 2. The molecular weight excluding hydrogens is 693 g/mol. The Morgan fingerprint density at radius 2 is 1.27 bits per heavy atom. The molecule has 1 aliphatic heterocycles. The SMILES string of the molecule is CN(C(=O)O)[C@H](C(=O)Nc1ccccc1CC[C@@H]1CN[C@H](CCc2ccccc2NC(=O)OCc2ccccc2)CO1)C(c1ccccc1)c1ccccc1. The highest BCUT2D eigenvalue weighted by molar-refractivity contribution is 5.98. The summed E-state index contributed by atoms with van der Waals surface area (Å²) in [6.07, 6.45) is 1.28. The highest BCUT2D eigenvalue weighted by Gasteiger charge is 2.37. The summed E-state index contributed by atoms with van der Waals surface area (Å²) in [6.45, 7) is 1.45. The summed E-state index contributed by atoms with van der Waals surface area (Å²) in [4.78, 5) is 40.2. The van der Waals surface area contributed by atoms with E-state index >= 15 is 0 Å². The van der Waals surface area contributed by atoms with Gasteiger partial charge in [-0.25, -0.2) is 9.59 Å². The number of amides is 3. The summed E-state index contributed by atoms with van der Waals surface area (Å²) in [6, 6.07) is 43.2. The Labute approximate surface area is 322 Å². The van der Waals surface area contributed by atoms with Crippen LogP contribution in [0.15, 0.2) is 140 Å². The molecule has 10 nitrogen and oxygen atoms in total. The summed E-state index contributed by atoms with van der Waals surface area (Å²) in [5.74, 6) is -0.939. The van der Waals surface area contributed by atoms with E-state index in [1.54, 1.807) is 0 Å². The second kappa shape index (κ2) is 19.4. The normalized spacial score (nSPS) is 15.8. The number of carboxylic acid groups (broad SMARTS) is 1. The Hall–Kier alpha value is -5.97. The molecule has 1 saturated heterocycles. The van der Waals surface area contributed by atoms with Crippen LogP contribution in [0, 0.1) is 0 Å². The molecule has 5 aromatic carbocycles. The number of carbonyl (C=O) groups is 3. The molecule has 4 N–H and O–H groups in total. The highest BCUT2D eigenvalue weighted by atomic mass is 16.5. The molecule has 0 unspecified atom stereocenters. The minimum Gasteiger partial charge on any atom is -0.465 e. The highest BCUT2D eigenvalue weighted by Crippen LogP contribution is 2.32. The average Bonchev–Trinajstić information content (AvgIpc) is 3.22. The second-order valence-corrected chi connectivity index (χ2v) is 13.8. The summed E-state index contributed by atoms with van der Waals surface area (Å²) in [5.41, 5.74) is 5.96. The van der Waals surface area contributed by atoms with Crippen LogP contribution in [-0.4, -0.2) is 66.5 Å². The molecule has 3 amide bonds. The fourth-order valence-corrected chi connectivity index (χ4v) is 7.03. The number of likely N-dealkylation sites (N-methyl/N-ethyl adjacent to an activating group) is 1. The smallest absolute Gasteiger partial charge is 0.411 e. The van der Waals surface area contributed by atoms with E-state index in [-0.39, 0.29) is 18.8 Å².